The molecule has 1 unspecified atom stereocenters. The molecule has 1 aromatic rings. The van der Waals surface area contributed by atoms with Gasteiger partial charge in [0.1, 0.15) is 5.01 Å². The normalized spacial score (nSPS) is 24.7. The Balaban J connectivity index is 0.000000640. The molecule has 10 heteroatoms. The quantitative estimate of drug-likeness (QED) is 0.682. The number of amides is 2. The monoisotopic (exact) mass is 411 g/mol. The van der Waals surface area contributed by atoms with Crippen LogP contribution in [0.15, 0.2) is 0 Å². The van der Waals surface area contributed by atoms with Gasteiger partial charge in [0, 0.05) is 37.9 Å². The molecular weight excluding hydrogens is 382 g/mol. The lowest BCUT2D eigenvalue weighted by Crippen LogP contribution is -2.43. The van der Waals surface area contributed by atoms with Gasteiger partial charge >= 0.3 is 0 Å². The summed E-state index contributed by atoms with van der Waals surface area (Å²) in [5.74, 6) is -0.933. The average Bonchev–Trinajstić information content (AvgIpc) is 3.23. The molecule has 156 valence electrons. The zero-order valence-corrected chi connectivity index (χ0v) is 17.4. The van der Waals surface area contributed by atoms with Gasteiger partial charge in [-0.2, -0.15) is 0 Å². The molecule has 2 heterocycles. The van der Waals surface area contributed by atoms with Gasteiger partial charge in [0.15, 0.2) is 0 Å². The van der Waals surface area contributed by atoms with Crippen LogP contribution in [0, 0.1) is 5.92 Å². The Kier molecular flexibility index (Phi) is 7.88. The van der Waals surface area contributed by atoms with E-state index in [1.165, 1.54) is 11.3 Å². The van der Waals surface area contributed by atoms with Crippen LogP contribution < -0.4 is 16.0 Å². The number of hydrogen-bond donors (Lipinski definition) is 3. The third-order valence-electron chi connectivity index (χ3n) is 4.77. The molecule has 9 nitrogen and oxygen atoms in total. The summed E-state index contributed by atoms with van der Waals surface area (Å²) < 4.78 is 0. The van der Waals surface area contributed by atoms with Crippen LogP contribution >= 0.6 is 11.3 Å². The number of aromatic nitrogens is 2. The van der Waals surface area contributed by atoms with Gasteiger partial charge < -0.3 is 16.2 Å². The van der Waals surface area contributed by atoms with Crippen LogP contribution in [0.25, 0.3) is 0 Å². The number of carboxylic acids is 1. The number of nitrogens with zero attached hydrogens (tertiary/aromatic N) is 3. The molecule has 4 N–H and O–H groups in total. The topological polar surface area (TPSA) is 139 Å². The second-order valence-corrected chi connectivity index (χ2v) is 8.61. The fraction of sp³-hybridized carbons (Fsp3) is 0.722. The zero-order valence-electron chi connectivity index (χ0n) is 16.6. The minimum Gasteiger partial charge on any atom is -0.481 e. The van der Waals surface area contributed by atoms with Crippen molar-refractivity contribution in [1.29, 1.82) is 0 Å². The van der Waals surface area contributed by atoms with Crippen molar-refractivity contribution < 1.29 is 19.5 Å². The van der Waals surface area contributed by atoms with Crippen molar-refractivity contribution in [3.05, 3.63) is 5.01 Å². The van der Waals surface area contributed by atoms with Gasteiger partial charge in [-0.3, -0.25) is 19.3 Å². The zero-order chi connectivity index (χ0) is 20.8. The van der Waals surface area contributed by atoms with Gasteiger partial charge in [0.05, 0.1) is 5.92 Å². The fourth-order valence-electron chi connectivity index (χ4n) is 3.22. The Morgan fingerprint density at radius 1 is 1.25 bits per heavy atom. The molecule has 1 aliphatic heterocycles. The van der Waals surface area contributed by atoms with E-state index in [1.807, 2.05) is 13.8 Å². The summed E-state index contributed by atoms with van der Waals surface area (Å²) in [6, 6.07) is 0.449. The Hall–Kier alpha value is -2.07. The van der Waals surface area contributed by atoms with E-state index in [2.05, 4.69) is 15.5 Å². The Bertz CT molecular complexity index is 696. The Morgan fingerprint density at radius 3 is 2.39 bits per heavy atom. The first-order valence-corrected chi connectivity index (χ1v) is 10.4. The van der Waals surface area contributed by atoms with E-state index in [4.69, 9.17) is 15.6 Å². The van der Waals surface area contributed by atoms with Crippen LogP contribution in [-0.2, 0) is 14.4 Å². The largest absolute Gasteiger partial charge is 0.481 e. The Labute approximate surface area is 168 Å². The molecule has 1 saturated carbocycles. The molecule has 1 aromatic heterocycles. The number of carbonyl (C=O) groups excluding carboxylic acids is 2. The van der Waals surface area contributed by atoms with E-state index in [-0.39, 0.29) is 42.2 Å². The predicted molar refractivity (Wildman–Crippen MR) is 106 cm³/mol. The minimum absolute atomic E-state index is 0.0279. The van der Waals surface area contributed by atoms with E-state index < -0.39 is 5.97 Å². The smallest absolute Gasteiger partial charge is 0.300 e. The van der Waals surface area contributed by atoms with E-state index in [0.717, 1.165) is 37.6 Å². The molecule has 0 bridgehead atoms. The van der Waals surface area contributed by atoms with Crippen molar-refractivity contribution in [2.45, 2.75) is 70.9 Å². The maximum absolute atomic E-state index is 12.5. The first-order chi connectivity index (χ1) is 13.2. The molecule has 3 rings (SSSR count). The summed E-state index contributed by atoms with van der Waals surface area (Å²) in [5.41, 5.74) is 5.90. The van der Waals surface area contributed by atoms with Gasteiger partial charge in [-0.05, 0) is 25.7 Å². The lowest BCUT2D eigenvalue weighted by Gasteiger charge is -2.27. The molecule has 0 spiro atoms. The van der Waals surface area contributed by atoms with Crippen molar-refractivity contribution in [2.75, 3.05) is 11.4 Å². The third-order valence-corrected chi connectivity index (χ3v) is 6.02. The van der Waals surface area contributed by atoms with Gasteiger partial charge in [-0.15, -0.1) is 10.2 Å². The van der Waals surface area contributed by atoms with E-state index in [1.54, 1.807) is 4.90 Å². The molecule has 1 aliphatic carbocycles. The summed E-state index contributed by atoms with van der Waals surface area (Å²) >= 11 is 1.43. The van der Waals surface area contributed by atoms with Crippen LogP contribution in [0.3, 0.4) is 0 Å². The number of nitrogens with two attached hydrogens (primary N) is 1. The molecule has 1 atom stereocenters. The van der Waals surface area contributed by atoms with E-state index >= 15 is 0 Å². The molecule has 28 heavy (non-hydrogen) atoms. The third kappa shape index (κ3) is 6.23. The number of hydrogen-bond acceptors (Lipinski definition) is 7. The van der Waals surface area contributed by atoms with E-state index in [9.17, 15) is 9.59 Å². The van der Waals surface area contributed by atoms with Crippen LogP contribution in [0.4, 0.5) is 5.13 Å². The predicted octanol–water partition coefficient (Wildman–Crippen LogP) is 1.49. The molecule has 1 saturated heterocycles. The van der Waals surface area contributed by atoms with Gasteiger partial charge in [0.2, 0.25) is 16.9 Å². The number of carboxylic acid groups (broad SMARTS) is 1. The summed E-state index contributed by atoms with van der Waals surface area (Å²) in [4.78, 5) is 35.4. The first kappa shape index (κ1) is 22.2. The van der Waals surface area contributed by atoms with Crippen molar-refractivity contribution >= 4 is 34.3 Å². The second kappa shape index (κ2) is 9.92. The molecule has 2 aliphatic rings. The summed E-state index contributed by atoms with van der Waals surface area (Å²) in [6.45, 7) is 5.56. The molecule has 2 amide bonds. The molecular formula is C18H29N5O4S. The number of anilines is 1. The number of aliphatic carboxylic acids is 1. The van der Waals surface area contributed by atoms with Crippen LogP contribution in [0.5, 0.6) is 0 Å². The van der Waals surface area contributed by atoms with Gasteiger partial charge in [-0.1, -0.05) is 25.2 Å². The number of rotatable bonds is 4. The summed E-state index contributed by atoms with van der Waals surface area (Å²) in [5, 5.41) is 20.3. The number of nitrogens with one attached hydrogen (secondary N) is 1. The van der Waals surface area contributed by atoms with E-state index in [0.29, 0.717) is 11.7 Å². The maximum Gasteiger partial charge on any atom is 0.300 e. The first-order valence-electron chi connectivity index (χ1n) is 9.56. The summed E-state index contributed by atoms with van der Waals surface area (Å²) in [6.07, 6.45) is 3.98. The standard InChI is InChI=1S/C16H25N5O2S.C2H4O2/c1-9(2)15-19-20-16(24-15)21-8-10(7-13(21)22)14(23)18-12-5-3-11(17)4-6-12;1-2(3)4/h9-12H,3-8,17H2,1-2H3,(H,18,23);1H3,(H,3,4). The molecule has 0 aromatic carbocycles. The number of carbonyl (C=O) groups is 3. The van der Waals surface area contributed by atoms with Crippen LogP contribution in [-0.4, -0.2) is 51.7 Å². The maximum atomic E-state index is 12.5. The lowest BCUT2D eigenvalue weighted by molar-refractivity contribution is -0.134. The van der Waals surface area contributed by atoms with Crippen LogP contribution in [0.1, 0.15) is 63.8 Å². The highest BCUT2D eigenvalue weighted by Crippen LogP contribution is 2.30. The summed E-state index contributed by atoms with van der Waals surface area (Å²) in [7, 11) is 0. The van der Waals surface area contributed by atoms with Crippen molar-refractivity contribution in [2.24, 2.45) is 11.7 Å². The van der Waals surface area contributed by atoms with Crippen molar-refractivity contribution in [3.8, 4) is 0 Å². The second-order valence-electron chi connectivity index (χ2n) is 7.62. The lowest BCUT2D eigenvalue weighted by atomic mass is 9.91. The SMILES string of the molecule is CC(=O)O.CC(C)c1nnc(N2CC(C(=O)NC3CCC(N)CC3)CC2=O)s1. The average molecular weight is 412 g/mol. The molecule has 2 fully saturated rings. The van der Waals surface area contributed by atoms with Gasteiger partial charge in [0.25, 0.3) is 5.97 Å². The van der Waals surface area contributed by atoms with Crippen LogP contribution in [0.2, 0.25) is 0 Å². The minimum atomic E-state index is -0.833. The molecule has 0 radical (unpaired) electrons. The van der Waals surface area contributed by atoms with Crippen molar-refractivity contribution in [3.63, 3.8) is 0 Å². The highest BCUT2D eigenvalue weighted by Gasteiger charge is 2.37. The highest BCUT2D eigenvalue weighted by molar-refractivity contribution is 7.15. The van der Waals surface area contributed by atoms with Crippen molar-refractivity contribution in [1.82, 2.24) is 15.5 Å². The van der Waals surface area contributed by atoms with Gasteiger partial charge in [-0.25, -0.2) is 0 Å². The fourth-order valence-corrected chi connectivity index (χ4v) is 4.09. The highest BCUT2D eigenvalue weighted by atomic mass is 32.1. The Morgan fingerprint density at radius 2 is 1.86 bits per heavy atom.